The number of rotatable bonds is 3. The second-order valence-electron chi connectivity index (χ2n) is 5.81. The van der Waals surface area contributed by atoms with Gasteiger partial charge in [0.05, 0.1) is 11.5 Å². The average molecular weight is 385 g/mol. The number of carbonyl (C=O) groups excluding carboxylic acids is 2. The van der Waals surface area contributed by atoms with Crippen LogP contribution < -0.4 is 9.47 Å². The van der Waals surface area contributed by atoms with E-state index in [1.807, 2.05) is 24.3 Å². The minimum atomic E-state index is -0.219. The lowest BCUT2D eigenvalue weighted by Crippen LogP contribution is -2.09. The second kappa shape index (κ2) is 5.91. The van der Waals surface area contributed by atoms with Gasteiger partial charge in [0.15, 0.2) is 5.76 Å². The highest BCUT2D eigenvalue weighted by atomic mass is 79.9. The number of hydrogen-bond acceptors (Lipinski definition) is 4. The third kappa shape index (κ3) is 2.87. The summed E-state index contributed by atoms with van der Waals surface area (Å²) in [5.74, 6) is 0.693. The molecular formula is C19H13BrO4. The van der Waals surface area contributed by atoms with Gasteiger partial charge in [-0.2, -0.15) is 0 Å². The van der Waals surface area contributed by atoms with Crippen molar-refractivity contribution in [3.05, 3.63) is 63.8 Å². The normalized spacial score (nSPS) is 17.5. The van der Waals surface area contributed by atoms with Gasteiger partial charge in [-0.1, -0.05) is 34.1 Å². The van der Waals surface area contributed by atoms with E-state index in [0.29, 0.717) is 17.1 Å². The van der Waals surface area contributed by atoms with Crippen LogP contribution >= 0.6 is 15.9 Å². The standard InChI is InChI=1S/C19H13BrO4/c20-15-4-2-1-3-12(15)9-17-18(21)14-8-7-13(10-16(14)24-17)23-19(22)11-5-6-11/h1-4,7-11H,5-6H2/b17-9-. The number of halogens is 1. The maximum absolute atomic E-state index is 12.4. The molecule has 0 radical (unpaired) electrons. The lowest BCUT2D eigenvalue weighted by molar-refractivity contribution is -0.135. The van der Waals surface area contributed by atoms with E-state index in [2.05, 4.69) is 15.9 Å². The van der Waals surface area contributed by atoms with Crippen molar-refractivity contribution < 1.29 is 19.1 Å². The Kier molecular flexibility index (Phi) is 3.73. The molecule has 0 spiro atoms. The fourth-order valence-corrected chi connectivity index (χ4v) is 2.88. The summed E-state index contributed by atoms with van der Waals surface area (Å²) in [6.45, 7) is 0. The van der Waals surface area contributed by atoms with Gasteiger partial charge in [-0.15, -0.1) is 0 Å². The van der Waals surface area contributed by atoms with Gasteiger partial charge >= 0.3 is 5.97 Å². The summed E-state index contributed by atoms with van der Waals surface area (Å²) in [6, 6.07) is 12.4. The van der Waals surface area contributed by atoms with Gasteiger partial charge in [-0.25, -0.2) is 0 Å². The smallest absolute Gasteiger partial charge is 0.314 e. The number of fused-ring (bicyclic) bond motifs is 1. The zero-order chi connectivity index (χ0) is 16.7. The molecule has 4 nitrogen and oxygen atoms in total. The summed E-state index contributed by atoms with van der Waals surface area (Å²) in [6.07, 6.45) is 3.47. The monoisotopic (exact) mass is 384 g/mol. The molecule has 2 aliphatic rings. The molecule has 0 atom stereocenters. The van der Waals surface area contributed by atoms with Crippen LogP contribution in [0.15, 0.2) is 52.7 Å². The van der Waals surface area contributed by atoms with E-state index in [-0.39, 0.29) is 23.4 Å². The fourth-order valence-electron chi connectivity index (χ4n) is 2.48. The molecule has 0 bridgehead atoms. The van der Waals surface area contributed by atoms with Crippen LogP contribution in [0, 0.1) is 5.92 Å². The Morgan fingerprint density at radius 2 is 2.00 bits per heavy atom. The molecule has 4 rings (SSSR count). The molecule has 0 saturated heterocycles. The van der Waals surface area contributed by atoms with E-state index in [0.717, 1.165) is 22.9 Å². The molecule has 1 fully saturated rings. The van der Waals surface area contributed by atoms with Crippen LogP contribution in [0.25, 0.3) is 6.08 Å². The first-order valence-electron chi connectivity index (χ1n) is 7.66. The molecule has 24 heavy (non-hydrogen) atoms. The first-order chi connectivity index (χ1) is 11.6. The van der Waals surface area contributed by atoms with Gasteiger partial charge in [0, 0.05) is 10.5 Å². The highest BCUT2D eigenvalue weighted by Crippen LogP contribution is 2.37. The molecule has 1 aliphatic carbocycles. The molecular weight excluding hydrogens is 372 g/mol. The third-order valence-electron chi connectivity index (χ3n) is 3.96. The number of carbonyl (C=O) groups is 2. The number of ether oxygens (including phenoxy) is 2. The van der Waals surface area contributed by atoms with Crippen molar-refractivity contribution in [2.45, 2.75) is 12.8 Å². The second-order valence-corrected chi connectivity index (χ2v) is 6.67. The summed E-state index contributed by atoms with van der Waals surface area (Å²) in [7, 11) is 0. The molecule has 2 aromatic carbocycles. The number of esters is 1. The van der Waals surface area contributed by atoms with Crippen LogP contribution in [0.5, 0.6) is 11.5 Å². The SMILES string of the molecule is O=C1/C(=C/c2ccccc2Br)Oc2cc(OC(=O)C3CC3)ccc21. The van der Waals surface area contributed by atoms with Crippen molar-refractivity contribution in [2.75, 3.05) is 0 Å². The molecule has 0 amide bonds. The van der Waals surface area contributed by atoms with Crippen molar-refractivity contribution in [1.82, 2.24) is 0 Å². The van der Waals surface area contributed by atoms with E-state index < -0.39 is 0 Å². The Morgan fingerprint density at radius 3 is 2.75 bits per heavy atom. The van der Waals surface area contributed by atoms with Gasteiger partial charge < -0.3 is 9.47 Å². The number of benzene rings is 2. The van der Waals surface area contributed by atoms with E-state index in [1.54, 1.807) is 24.3 Å². The summed E-state index contributed by atoms with van der Waals surface area (Å²) in [5.41, 5.74) is 1.33. The van der Waals surface area contributed by atoms with E-state index in [4.69, 9.17) is 9.47 Å². The molecule has 1 saturated carbocycles. The number of Topliss-reactive ketones (excluding diaryl/α,β-unsaturated/α-hetero) is 1. The highest BCUT2D eigenvalue weighted by Gasteiger charge is 2.32. The quantitative estimate of drug-likeness (QED) is 0.447. The van der Waals surface area contributed by atoms with Gasteiger partial charge in [0.1, 0.15) is 11.5 Å². The molecule has 0 unspecified atom stereocenters. The summed E-state index contributed by atoms with van der Waals surface area (Å²) in [5, 5.41) is 0. The van der Waals surface area contributed by atoms with E-state index >= 15 is 0 Å². The van der Waals surface area contributed by atoms with E-state index in [1.165, 1.54) is 0 Å². The summed E-state index contributed by atoms with van der Waals surface area (Å²) >= 11 is 3.45. The predicted molar refractivity (Wildman–Crippen MR) is 91.9 cm³/mol. The number of hydrogen-bond donors (Lipinski definition) is 0. The molecule has 0 N–H and O–H groups in total. The lowest BCUT2D eigenvalue weighted by Gasteiger charge is -2.04. The predicted octanol–water partition coefficient (Wildman–Crippen LogP) is 4.38. The average Bonchev–Trinajstić information content (AvgIpc) is 3.37. The Morgan fingerprint density at radius 1 is 1.21 bits per heavy atom. The first kappa shape index (κ1) is 15.1. The topological polar surface area (TPSA) is 52.6 Å². The number of ketones is 1. The Labute approximate surface area is 147 Å². The Balaban J connectivity index is 1.60. The summed E-state index contributed by atoms with van der Waals surface area (Å²) < 4.78 is 11.9. The Hall–Kier alpha value is -2.40. The molecule has 1 heterocycles. The zero-order valence-corrected chi connectivity index (χ0v) is 14.2. The molecule has 120 valence electrons. The number of allylic oxidation sites excluding steroid dienone is 1. The van der Waals surface area contributed by atoms with Crippen molar-refractivity contribution in [2.24, 2.45) is 5.92 Å². The minimum Gasteiger partial charge on any atom is -0.452 e. The van der Waals surface area contributed by atoms with Gasteiger partial charge in [-0.05, 0) is 42.7 Å². The van der Waals surface area contributed by atoms with Crippen molar-refractivity contribution >= 4 is 33.8 Å². The third-order valence-corrected chi connectivity index (χ3v) is 4.68. The maximum Gasteiger partial charge on any atom is 0.314 e. The Bertz CT molecular complexity index is 881. The van der Waals surface area contributed by atoms with Crippen LogP contribution in [-0.2, 0) is 4.79 Å². The summed E-state index contributed by atoms with van der Waals surface area (Å²) in [4.78, 5) is 24.2. The van der Waals surface area contributed by atoms with Crippen LogP contribution in [0.4, 0.5) is 0 Å². The largest absolute Gasteiger partial charge is 0.452 e. The molecule has 1 aliphatic heterocycles. The van der Waals surface area contributed by atoms with Crippen molar-refractivity contribution in [3.8, 4) is 11.5 Å². The van der Waals surface area contributed by atoms with Gasteiger partial charge in [-0.3, -0.25) is 9.59 Å². The zero-order valence-electron chi connectivity index (χ0n) is 12.6. The van der Waals surface area contributed by atoms with Crippen LogP contribution in [0.1, 0.15) is 28.8 Å². The van der Waals surface area contributed by atoms with Gasteiger partial charge in [0.2, 0.25) is 5.78 Å². The van der Waals surface area contributed by atoms with Gasteiger partial charge in [0.25, 0.3) is 0 Å². The maximum atomic E-state index is 12.4. The molecule has 5 heteroatoms. The van der Waals surface area contributed by atoms with Crippen LogP contribution in [0.2, 0.25) is 0 Å². The lowest BCUT2D eigenvalue weighted by atomic mass is 10.1. The fraction of sp³-hybridized carbons (Fsp3) is 0.158. The van der Waals surface area contributed by atoms with Crippen molar-refractivity contribution in [1.29, 1.82) is 0 Å². The minimum absolute atomic E-state index is 0.0201. The molecule has 0 aromatic heterocycles. The van der Waals surface area contributed by atoms with Crippen LogP contribution in [-0.4, -0.2) is 11.8 Å². The molecule has 2 aromatic rings. The van der Waals surface area contributed by atoms with Crippen molar-refractivity contribution in [3.63, 3.8) is 0 Å². The van der Waals surface area contributed by atoms with E-state index in [9.17, 15) is 9.59 Å². The van der Waals surface area contributed by atoms with Crippen LogP contribution in [0.3, 0.4) is 0 Å². The first-order valence-corrected chi connectivity index (χ1v) is 8.45. The highest BCUT2D eigenvalue weighted by molar-refractivity contribution is 9.10.